The highest BCUT2D eigenvalue weighted by Crippen LogP contribution is 2.21. The van der Waals surface area contributed by atoms with E-state index in [9.17, 15) is 0 Å². The topological polar surface area (TPSA) is 48.7 Å². The molecule has 0 fully saturated rings. The molecule has 0 aliphatic rings. The molecule has 0 aliphatic heterocycles. The maximum absolute atomic E-state index is 8.64. The lowest BCUT2D eigenvalue weighted by atomic mass is 9.90. The molecule has 0 aliphatic carbocycles. The van der Waals surface area contributed by atoms with Gasteiger partial charge in [0.15, 0.2) is 0 Å². The molecular weight excluding hydrogens is 210 g/mol. The summed E-state index contributed by atoms with van der Waals surface area (Å²) in [6.07, 6.45) is 5.22. The molecule has 0 radical (unpaired) electrons. The third-order valence-electron chi connectivity index (χ3n) is 2.55. The van der Waals surface area contributed by atoms with Crippen molar-refractivity contribution in [2.45, 2.75) is 40.0 Å². The molecule has 1 N–H and O–H groups in total. The van der Waals surface area contributed by atoms with Gasteiger partial charge in [-0.3, -0.25) is 0 Å². The lowest BCUT2D eigenvalue weighted by Gasteiger charge is -2.17. The van der Waals surface area contributed by atoms with Crippen molar-refractivity contribution >= 4 is 5.82 Å². The standard InChI is InChI=1S/C14H21N3/c1-14(2,3)8-4-5-9-16-13-7-6-12(10-15)11-17-13/h6-7,11H,4-5,8-9H2,1-3H3,(H,16,17). The van der Waals surface area contributed by atoms with E-state index < -0.39 is 0 Å². The van der Waals surface area contributed by atoms with Gasteiger partial charge in [-0.15, -0.1) is 0 Å². The van der Waals surface area contributed by atoms with Crippen LogP contribution in [0, 0.1) is 16.7 Å². The largest absolute Gasteiger partial charge is 0.370 e. The van der Waals surface area contributed by atoms with E-state index in [1.54, 1.807) is 12.3 Å². The van der Waals surface area contributed by atoms with E-state index >= 15 is 0 Å². The SMILES string of the molecule is CC(C)(C)CCCCNc1ccc(C#N)cn1. The van der Waals surface area contributed by atoms with Crippen LogP contribution in [0.1, 0.15) is 45.6 Å². The van der Waals surface area contributed by atoms with Gasteiger partial charge in [-0.25, -0.2) is 4.98 Å². The van der Waals surface area contributed by atoms with Crippen LogP contribution < -0.4 is 5.32 Å². The zero-order valence-corrected chi connectivity index (χ0v) is 11.0. The van der Waals surface area contributed by atoms with Crippen LogP contribution in [0.3, 0.4) is 0 Å². The first-order valence-corrected chi connectivity index (χ1v) is 6.11. The number of anilines is 1. The van der Waals surface area contributed by atoms with Gasteiger partial charge in [-0.2, -0.15) is 5.26 Å². The van der Waals surface area contributed by atoms with Gasteiger partial charge in [0, 0.05) is 12.7 Å². The zero-order chi connectivity index (χ0) is 12.7. The average Bonchev–Trinajstić information content (AvgIpc) is 2.28. The molecule has 1 aromatic heterocycles. The van der Waals surface area contributed by atoms with E-state index in [2.05, 4.69) is 37.1 Å². The number of hydrogen-bond acceptors (Lipinski definition) is 3. The summed E-state index contributed by atoms with van der Waals surface area (Å²) in [6.45, 7) is 7.74. The molecule has 0 aromatic carbocycles. The maximum Gasteiger partial charge on any atom is 0.125 e. The first-order valence-electron chi connectivity index (χ1n) is 6.11. The van der Waals surface area contributed by atoms with E-state index in [0.717, 1.165) is 18.8 Å². The molecule has 0 unspecified atom stereocenters. The number of unbranched alkanes of at least 4 members (excludes halogenated alkanes) is 1. The molecule has 1 rings (SSSR count). The summed E-state index contributed by atoms with van der Waals surface area (Å²) in [4.78, 5) is 4.16. The summed E-state index contributed by atoms with van der Waals surface area (Å²) in [5.74, 6) is 0.847. The Labute approximate surface area is 104 Å². The Morgan fingerprint density at radius 3 is 2.59 bits per heavy atom. The Morgan fingerprint density at radius 1 is 1.29 bits per heavy atom. The summed E-state index contributed by atoms with van der Waals surface area (Å²) < 4.78 is 0. The normalized spacial score (nSPS) is 10.9. The molecule has 3 heteroatoms. The van der Waals surface area contributed by atoms with Crippen LogP contribution in [0.2, 0.25) is 0 Å². The maximum atomic E-state index is 8.64. The predicted octanol–water partition coefficient (Wildman–Crippen LogP) is 3.58. The summed E-state index contributed by atoms with van der Waals surface area (Å²) >= 11 is 0. The number of hydrogen-bond donors (Lipinski definition) is 1. The first kappa shape index (κ1) is 13.5. The predicted molar refractivity (Wildman–Crippen MR) is 70.7 cm³/mol. The minimum absolute atomic E-state index is 0.423. The van der Waals surface area contributed by atoms with E-state index in [-0.39, 0.29) is 0 Å². The number of nitrogens with one attached hydrogen (secondary N) is 1. The van der Waals surface area contributed by atoms with Crippen molar-refractivity contribution < 1.29 is 0 Å². The van der Waals surface area contributed by atoms with Crippen molar-refractivity contribution in [1.29, 1.82) is 5.26 Å². The first-order chi connectivity index (χ1) is 8.01. The smallest absolute Gasteiger partial charge is 0.125 e. The monoisotopic (exact) mass is 231 g/mol. The molecule has 0 amide bonds. The Kier molecular flexibility index (Phi) is 4.96. The fourth-order valence-electron chi connectivity index (χ4n) is 1.56. The molecular formula is C14H21N3. The summed E-state index contributed by atoms with van der Waals surface area (Å²) in [7, 11) is 0. The molecule has 3 nitrogen and oxygen atoms in total. The van der Waals surface area contributed by atoms with Crippen molar-refractivity contribution in [3.05, 3.63) is 23.9 Å². The second kappa shape index (κ2) is 6.24. The second-order valence-electron chi connectivity index (χ2n) is 5.49. The van der Waals surface area contributed by atoms with Gasteiger partial charge in [0.05, 0.1) is 5.56 Å². The van der Waals surface area contributed by atoms with Crippen molar-refractivity contribution in [3.63, 3.8) is 0 Å². The molecule has 1 aromatic rings. The van der Waals surface area contributed by atoms with Gasteiger partial charge < -0.3 is 5.32 Å². The Morgan fingerprint density at radius 2 is 2.06 bits per heavy atom. The molecule has 0 saturated carbocycles. The van der Waals surface area contributed by atoms with Crippen LogP contribution in [-0.4, -0.2) is 11.5 Å². The van der Waals surface area contributed by atoms with Crippen LogP contribution >= 0.6 is 0 Å². The third-order valence-corrected chi connectivity index (χ3v) is 2.55. The minimum Gasteiger partial charge on any atom is -0.370 e. The minimum atomic E-state index is 0.423. The molecule has 0 bridgehead atoms. The molecule has 0 spiro atoms. The van der Waals surface area contributed by atoms with Crippen molar-refractivity contribution in [2.24, 2.45) is 5.41 Å². The van der Waals surface area contributed by atoms with Gasteiger partial charge in [-0.1, -0.05) is 27.2 Å². The van der Waals surface area contributed by atoms with Gasteiger partial charge >= 0.3 is 0 Å². The highest BCUT2D eigenvalue weighted by Gasteiger charge is 2.08. The molecule has 17 heavy (non-hydrogen) atoms. The number of rotatable bonds is 5. The van der Waals surface area contributed by atoms with Crippen LogP contribution in [-0.2, 0) is 0 Å². The molecule has 0 atom stereocenters. The van der Waals surface area contributed by atoms with Gasteiger partial charge in [0.25, 0.3) is 0 Å². The number of pyridine rings is 1. The fraction of sp³-hybridized carbons (Fsp3) is 0.571. The third kappa shape index (κ3) is 5.91. The van der Waals surface area contributed by atoms with Crippen LogP contribution in [0.4, 0.5) is 5.82 Å². The zero-order valence-electron chi connectivity index (χ0n) is 11.0. The number of nitrogens with zero attached hydrogens (tertiary/aromatic N) is 2. The fourth-order valence-corrected chi connectivity index (χ4v) is 1.56. The van der Waals surface area contributed by atoms with Crippen LogP contribution in [0.15, 0.2) is 18.3 Å². The van der Waals surface area contributed by atoms with E-state index in [4.69, 9.17) is 5.26 Å². The Hall–Kier alpha value is -1.56. The average molecular weight is 231 g/mol. The lowest BCUT2D eigenvalue weighted by Crippen LogP contribution is -2.07. The van der Waals surface area contributed by atoms with Gasteiger partial charge in [-0.05, 0) is 30.4 Å². The number of aromatic nitrogens is 1. The summed E-state index contributed by atoms with van der Waals surface area (Å²) in [6, 6.07) is 5.69. The molecule has 0 saturated heterocycles. The number of nitriles is 1. The van der Waals surface area contributed by atoms with E-state index in [0.29, 0.717) is 11.0 Å². The van der Waals surface area contributed by atoms with Gasteiger partial charge in [0.1, 0.15) is 11.9 Å². The molecule has 92 valence electrons. The highest BCUT2D eigenvalue weighted by molar-refractivity contribution is 5.38. The van der Waals surface area contributed by atoms with Crippen LogP contribution in [0.5, 0.6) is 0 Å². The van der Waals surface area contributed by atoms with E-state index in [1.807, 2.05) is 6.07 Å². The van der Waals surface area contributed by atoms with Crippen molar-refractivity contribution in [2.75, 3.05) is 11.9 Å². The summed E-state index contributed by atoms with van der Waals surface area (Å²) in [5, 5.41) is 11.9. The Bertz CT molecular complexity index is 368. The highest BCUT2D eigenvalue weighted by atomic mass is 15.0. The van der Waals surface area contributed by atoms with Gasteiger partial charge in [0.2, 0.25) is 0 Å². The quantitative estimate of drug-likeness (QED) is 0.788. The Balaban J connectivity index is 2.20. The molecule has 1 heterocycles. The second-order valence-corrected chi connectivity index (χ2v) is 5.49. The lowest BCUT2D eigenvalue weighted by molar-refractivity contribution is 0.362. The summed E-state index contributed by atoms with van der Waals surface area (Å²) in [5.41, 5.74) is 1.02. The van der Waals surface area contributed by atoms with Crippen molar-refractivity contribution in [1.82, 2.24) is 4.98 Å². The van der Waals surface area contributed by atoms with Crippen molar-refractivity contribution in [3.8, 4) is 6.07 Å². The van der Waals surface area contributed by atoms with Crippen LogP contribution in [0.25, 0.3) is 0 Å². The van der Waals surface area contributed by atoms with E-state index in [1.165, 1.54) is 12.8 Å².